The summed E-state index contributed by atoms with van der Waals surface area (Å²) in [6, 6.07) is -0.314. The van der Waals surface area contributed by atoms with Crippen LogP contribution in [0.3, 0.4) is 0 Å². The van der Waals surface area contributed by atoms with Gasteiger partial charge in [-0.2, -0.15) is 0 Å². The topological polar surface area (TPSA) is 67.2 Å². The van der Waals surface area contributed by atoms with Crippen LogP contribution in [0.2, 0.25) is 0 Å². The Morgan fingerprint density at radius 1 is 1.44 bits per heavy atom. The maximum Gasteiger partial charge on any atom is 0.325 e. The molecule has 1 saturated heterocycles. The highest BCUT2D eigenvalue weighted by Gasteiger charge is 2.43. The Morgan fingerprint density at radius 3 is 2.67 bits per heavy atom. The number of nitrogens with zero attached hydrogens (tertiary/aromatic N) is 3. The van der Waals surface area contributed by atoms with E-state index in [4.69, 9.17) is 0 Å². The van der Waals surface area contributed by atoms with Crippen LogP contribution in [0.25, 0.3) is 0 Å². The molecule has 0 unspecified atom stereocenters. The Balaban J connectivity index is 1.90. The number of urea groups is 1. The summed E-state index contributed by atoms with van der Waals surface area (Å²) in [6.07, 6.45) is 3.58. The highest BCUT2D eigenvalue weighted by atomic mass is 32.2. The van der Waals surface area contributed by atoms with E-state index < -0.39 is 5.54 Å². The molecule has 0 spiro atoms. The van der Waals surface area contributed by atoms with Crippen molar-refractivity contribution in [1.82, 2.24) is 19.8 Å². The van der Waals surface area contributed by atoms with Crippen LogP contribution < -0.4 is 5.32 Å². The number of carbonyl (C=O) groups is 2. The molecule has 1 aliphatic heterocycles. The van der Waals surface area contributed by atoms with Crippen LogP contribution in [0.5, 0.6) is 0 Å². The van der Waals surface area contributed by atoms with E-state index in [-0.39, 0.29) is 11.9 Å². The quantitative estimate of drug-likeness (QED) is 0.649. The molecule has 1 fully saturated rings. The van der Waals surface area contributed by atoms with Crippen molar-refractivity contribution in [1.29, 1.82) is 0 Å². The minimum Gasteiger partial charge on any atom is -0.329 e. The van der Waals surface area contributed by atoms with Gasteiger partial charge in [0.1, 0.15) is 5.54 Å². The highest BCUT2D eigenvalue weighted by Crippen LogP contribution is 2.19. The van der Waals surface area contributed by atoms with Crippen LogP contribution >= 0.6 is 11.8 Å². The van der Waals surface area contributed by atoms with E-state index in [1.165, 1.54) is 16.7 Å². The Morgan fingerprint density at radius 2 is 2.17 bits per heavy atom. The van der Waals surface area contributed by atoms with Crippen LogP contribution in [0.4, 0.5) is 4.79 Å². The molecule has 0 atom stereocenters. The molecule has 1 aromatic rings. The number of nitrogens with one attached hydrogen (secondary N) is 1. The summed E-state index contributed by atoms with van der Waals surface area (Å²) in [6.45, 7) is 3.81. The average molecular weight is 268 g/mol. The van der Waals surface area contributed by atoms with Gasteiger partial charge in [0.05, 0.1) is 0 Å². The Hall–Kier alpha value is -1.50. The summed E-state index contributed by atoms with van der Waals surface area (Å²) in [4.78, 5) is 29.0. The number of aromatic nitrogens is 2. The third-order valence-electron chi connectivity index (χ3n) is 2.77. The van der Waals surface area contributed by atoms with E-state index in [0.29, 0.717) is 12.3 Å². The second-order valence-electron chi connectivity index (χ2n) is 4.68. The first-order chi connectivity index (χ1) is 8.42. The third kappa shape index (κ3) is 2.35. The first kappa shape index (κ1) is 12.9. The Kier molecular flexibility index (Phi) is 3.34. The zero-order valence-corrected chi connectivity index (χ0v) is 11.5. The molecular weight excluding hydrogens is 252 g/mol. The summed E-state index contributed by atoms with van der Waals surface area (Å²) >= 11 is 1.52. The van der Waals surface area contributed by atoms with Gasteiger partial charge in [0.2, 0.25) is 0 Å². The fourth-order valence-electron chi connectivity index (χ4n) is 1.74. The largest absolute Gasteiger partial charge is 0.329 e. The van der Waals surface area contributed by atoms with Gasteiger partial charge in [0.15, 0.2) is 5.16 Å². The molecule has 1 aliphatic rings. The van der Waals surface area contributed by atoms with E-state index in [1.807, 2.05) is 17.8 Å². The average Bonchev–Trinajstić information content (AvgIpc) is 2.75. The number of amides is 3. The lowest BCUT2D eigenvalue weighted by molar-refractivity contribution is -0.130. The Labute approximate surface area is 110 Å². The molecule has 7 heteroatoms. The zero-order chi connectivity index (χ0) is 13.3. The Bertz CT molecular complexity index is 483. The van der Waals surface area contributed by atoms with Crippen molar-refractivity contribution in [3.63, 3.8) is 0 Å². The molecule has 1 N–H and O–H groups in total. The zero-order valence-electron chi connectivity index (χ0n) is 10.6. The van der Waals surface area contributed by atoms with Gasteiger partial charge in [-0.15, -0.1) is 0 Å². The first-order valence-corrected chi connectivity index (χ1v) is 6.64. The van der Waals surface area contributed by atoms with Gasteiger partial charge in [-0.05, 0) is 13.8 Å². The van der Waals surface area contributed by atoms with Gasteiger partial charge in [-0.25, -0.2) is 9.78 Å². The minimum atomic E-state index is -0.787. The van der Waals surface area contributed by atoms with Gasteiger partial charge in [0.25, 0.3) is 5.91 Å². The molecule has 0 bridgehead atoms. The van der Waals surface area contributed by atoms with Crippen LogP contribution in [0.15, 0.2) is 17.6 Å². The van der Waals surface area contributed by atoms with Gasteiger partial charge < -0.3 is 9.88 Å². The SMILES string of the molecule is Cn1ccnc1SCCN1C(=O)NC(C)(C)C1=O. The maximum absolute atomic E-state index is 11.9. The molecule has 18 heavy (non-hydrogen) atoms. The number of thioether (sulfide) groups is 1. The number of rotatable bonds is 4. The molecule has 2 rings (SSSR count). The molecule has 98 valence electrons. The number of imide groups is 1. The predicted molar refractivity (Wildman–Crippen MR) is 68.3 cm³/mol. The van der Waals surface area contributed by atoms with Crippen LogP contribution in [-0.2, 0) is 11.8 Å². The van der Waals surface area contributed by atoms with E-state index in [9.17, 15) is 9.59 Å². The summed E-state index contributed by atoms with van der Waals surface area (Å²) < 4.78 is 1.90. The highest BCUT2D eigenvalue weighted by molar-refractivity contribution is 7.99. The molecule has 0 radical (unpaired) electrons. The second kappa shape index (κ2) is 4.64. The van der Waals surface area contributed by atoms with Crippen molar-refractivity contribution in [3.05, 3.63) is 12.4 Å². The van der Waals surface area contributed by atoms with E-state index in [0.717, 1.165) is 5.16 Å². The monoisotopic (exact) mass is 268 g/mol. The lowest BCUT2D eigenvalue weighted by atomic mass is 10.1. The van der Waals surface area contributed by atoms with E-state index in [2.05, 4.69) is 10.3 Å². The summed E-state index contributed by atoms with van der Waals surface area (Å²) in [5.74, 6) is 0.466. The van der Waals surface area contributed by atoms with Crippen molar-refractivity contribution in [2.24, 2.45) is 7.05 Å². The van der Waals surface area contributed by atoms with Crippen LogP contribution in [0.1, 0.15) is 13.8 Å². The van der Waals surface area contributed by atoms with E-state index >= 15 is 0 Å². The second-order valence-corrected chi connectivity index (χ2v) is 5.74. The van der Waals surface area contributed by atoms with Crippen molar-refractivity contribution in [2.75, 3.05) is 12.3 Å². The molecule has 0 saturated carbocycles. The van der Waals surface area contributed by atoms with Gasteiger partial charge in [-0.3, -0.25) is 9.69 Å². The van der Waals surface area contributed by atoms with Crippen molar-refractivity contribution >= 4 is 23.7 Å². The molecule has 2 heterocycles. The lowest BCUT2D eigenvalue weighted by Gasteiger charge is -2.15. The van der Waals surface area contributed by atoms with Crippen molar-refractivity contribution in [2.45, 2.75) is 24.5 Å². The van der Waals surface area contributed by atoms with Crippen molar-refractivity contribution in [3.8, 4) is 0 Å². The van der Waals surface area contributed by atoms with Gasteiger partial charge in [-0.1, -0.05) is 11.8 Å². The van der Waals surface area contributed by atoms with Crippen LogP contribution in [-0.4, -0.2) is 44.2 Å². The first-order valence-electron chi connectivity index (χ1n) is 5.66. The van der Waals surface area contributed by atoms with E-state index in [1.54, 1.807) is 20.0 Å². The normalized spacial score (nSPS) is 18.3. The number of aryl methyl sites for hydroxylation is 1. The number of imidazole rings is 1. The lowest BCUT2D eigenvalue weighted by Crippen LogP contribution is -2.40. The fourth-order valence-corrected chi connectivity index (χ4v) is 2.60. The molecule has 3 amide bonds. The smallest absolute Gasteiger partial charge is 0.325 e. The van der Waals surface area contributed by atoms with Gasteiger partial charge in [0, 0.05) is 31.7 Å². The fraction of sp³-hybridized carbons (Fsp3) is 0.545. The summed E-state index contributed by atoms with van der Waals surface area (Å²) in [7, 11) is 1.91. The number of hydrogen-bond acceptors (Lipinski definition) is 4. The number of hydrogen-bond donors (Lipinski definition) is 1. The summed E-state index contributed by atoms with van der Waals surface area (Å²) in [5.41, 5.74) is -0.787. The summed E-state index contributed by atoms with van der Waals surface area (Å²) in [5, 5.41) is 3.53. The number of carbonyl (C=O) groups excluding carboxylic acids is 2. The molecule has 0 aliphatic carbocycles. The standard InChI is InChI=1S/C11H16N4O2S/c1-11(2)8(16)15(9(17)13-11)6-7-18-10-12-4-5-14(10)3/h4-5H,6-7H2,1-3H3,(H,13,17). The molecule has 0 aromatic carbocycles. The maximum atomic E-state index is 11.9. The molecule has 6 nitrogen and oxygen atoms in total. The van der Waals surface area contributed by atoms with Gasteiger partial charge >= 0.3 is 6.03 Å². The van der Waals surface area contributed by atoms with Crippen LogP contribution in [0, 0.1) is 0 Å². The van der Waals surface area contributed by atoms with Crippen molar-refractivity contribution < 1.29 is 9.59 Å². The molecule has 1 aromatic heterocycles. The molecular formula is C11H16N4O2S. The third-order valence-corrected chi connectivity index (χ3v) is 3.81. The predicted octanol–water partition coefficient (Wildman–Crippen LogP) is 0.843. The minimum absolute atomic E-state index is 0.173.